The Balaban J connectivity index is 2.39. The number of halogens is 2. The molecular weight excluding hydrogens is 362 g/mol. The fourth-order valence-electron chi connectivity index (χ4n) is 1.75. The van der Waals surface area contributed by atoms with Gasteiger partial charge >= 0.3 is 0 Å². The lowest BCUT2D eigenvalue weighted by Crippen LogP contribution is -2.10. The second-order valence-corrected chi connectivity index (χ2v) is 7.46. The van der Waals surface area contributed by atoms with Crippen molar-refractivity contribution in [3.63, 3.8) is 0 Å². The third-order valence-electron chi connectivity index (χ3n) is 2.61. The van der Waals surface area contributed by atoms with Gasteiger partial charge in [0.2, 0.25) is 0 Å². The molecule has 2 N–H and O–H groups in total. The minimum Gasteiger partial charge on any atom is -0.320 e. The van der Waals surface area contributed by atoms with E-state index < -0.39 is 0 Å². The van der Waals surface area contributed by atoms with Crippen molar-refractivity contribution in [3.05, 3.63) is 54.1 Å². The molecule has 0 saturated heterocycles. The van der Waals surface area contributed by atoms with Crippen molar-refractivity contribution in [3.8, 4) is 0 Å². The zero-order chi connectivity index (χ0) is 12.6. The third kappa shape index (κ3) is 2.99. The van der Waals surface area contributed by atoms with Crippen LogP contribution in [-0.4, -0.2) is 0 Å². The summed E-state index contributed by atoms with van der Waals surface area (Å²) < 4.78 is 2.24. The minimum absolute atomic E-state index is 0.0544. The zero-order valence-corrected chi connectivity index (χ0v) is 13.6. The summed E-state index contributed by atoms with van der Waals surface area (Å²) in [7, 11) is 0. The summed E-state index contributed by atoms with van der Waals surface area (Å²) in [4.78, 5) is 1.19. The molecule has 1 unspecified atom stereocenters. The second kappa shape index (κ2) is 5.22. The van der Waals surface area contributed by atoms with Gasteiger partial charge in [-0.25, -0.2) is 0 Å². The molecule has 17 heavy (non-hydrogen) atoms. The van der Waals surface area contributed by atoms with E-state index in [1.54, 1.807) is 11.3 Å². The number of aryl methyl sites for hydroxylation is 2. The minimum atomic E-state index is -0.0544. The van der Waals surface area contributed by atoms with Gasteiger partial charge in [0.15, 0.2) is 0 Å². The van der Waals surface area contributed by atoms with Crippen LogP contribution in [0.5, 0.6) is 0 Å². The molecule has 0 radical (unpaired) electrons. The Hall–Kier alpha value is -0.160. The normalized spacial score (nSPS) is 12.8. The molecule has 0 fully saturated rings. The van der Waals surface area contributed by atoms with Crippen molar-refractivity contribution in [1.29, 1.82) is 0 Å². The molecule has 0 amide bonds. The first-order chi connectivity index (χ1) is 7.97. The zero-order valence-electron chi connectivity index (χ0n) is 9.63. The van der Waals surface area contributed by atoms with Crippen LogP contribution in [0.1, 0.15) is 27.6 Å². The highest BCUT2D eigenvalue weighted by Gasteiger charge is 2.13. The van der Waals surface area contributed by atoms with Crippen molar-refractivity contribution in [2.24, 2.45) is 5.73 Å². The smallest absolute Gasteiger partial charge is 0.0731 e. The molecule has 0 spiro atoms. The van der Waals surface area contributed by atoms with E-state index in [1.807, 2.05) is 0 Å². The maximum absolute atomic E-state index is 6.31. The fraction of sp³-hybridized carbons (Fsp3) is 0.231. The van der Waals surface area contributed by atoms with Crippen molar-refractivity contribution >= 4 is 43.2 Å². The van der Waals surface area contributed by atoms with Crippen LogP contribution in [0.4, 0.5) is 0 Å². The summed E-state index contributed by atoms with van der Waals surface area (Å²) in [6, 6.07) is 8.40. The predicted octanol–water partition coefficient (Wildman–Crippen LogP) is 4.94. The van der Waals surface area contributed by atoms with Gasteiger partial charge in [0.1, 0.15) is 0 Å². The topological polar surface area (TPSA) is 26.0 Å². The molecule has 0 saturated carbocycles. The highest BCUT2D eigenvalue weighted by molar-refractivity contribution is 9.11. The van der Waals surface area contributed by atoms with Gasteiger partial charge < -0.3 is 5.73 Å². The van der Waals surface area contributed by atoms with Crippen molar-refractivity contribution in [2.45, 2.75) is 19.9 Å². The van der Waals surface area contributed by atoms with Crippen LogP contribution in [-0.2, 0) is 0 Å². The van der Waals surface area contributed by atoms with Crippen LogP contribution < -0.4 is 5.73 Å². The number of rotatable bonds is 2. The monoisotopic (exact) mass is 373 g/mol. The van der Waals surface area contributed by atoms with Gasteiger partial charge in [-0.05, 0) is 64.7 Å². The number of nitrogens with two attached hydrogens (primary N) is 1. The Kier molecular flexibility index (Phi) is 4.08. The molecule has 1 aromatic heterocycles. The van der Waals surface area contributed by atoms with Gasteiger partial charge in [-0.15, -0.1) is 11.3 Å². The number of hydrogen-bond acceptors (Lipinski definition) is 2. The van der Waals surface area contributed by atoms with E-state index in [2.05, 4.69) is 70.0 Å². The van der Waals surface area contributed by atoms with Crippen LogP contribution in [0.25, 0.3) is 0 Å². The number of thiophene rings is 1. The largest absolute Gasteiger partial charge is 0.320 e. The average molecular weight is 375 g/mol. The molecule has 1 heterocycles. The molecule has 0 bridgehead atoms. The van der Waals surface area contributed by atoms with Gasteiger partial charge in [-0.1, -0.05) is 22.0 Å². The molecular formula is C13H13Br2NS. The van der Waals surface area contributed by atoms with E-state index in [4.69, 9.17) is 5.73 Å². The highest BCUT2D eigenvalue weighted by atomic mass is 79.9. The Morgan fingerprint density at radius 3 is 2.35 bits per heavy atom. The fourth-order valence-corrected chi connectivity index (χ4v) is 3.97. The van der Waals surface area contributed by atoms with Gasteiger partial charge in [-0.2, -0.15) is 0 Å². The molecule has 0 aliphatic heterocycles. The Bertz CT molecular complexity index is 509. The van der Waals surface area contributed by atoms with E-state index in [-0.39, 0.29) is 6.04 Å². The molecule has 2 rings (SSSR count). The molecule has 4 heteroatoms. The van der Waals surface area contributed by atoms with E-state index in [0.717, 1.165) is 13.8 Å². The molecule has 1 aromatic carbocycles. The molecule has 1 atom stereocenters. The van der Waals surface area contributed by atoms with Crippen LogP contribution in [0.2, 0.25) is 0 Å². The Labute approximate surface area is 122 Å². The summed E-state index contributed by atoms with van der Waals surface area (Å²) in [5, 5.41) is 0. The first kappa shape index (κ1) is 13.3. The lowest BCUT2D eigenvalue weighted by Gasteiger charge is -2.11. The molecule has 2 aromatic rings. The SMILES string of the molecule is Cc1cc(Br)cc(C(N)c2cc(C)c(Br)s2)c1. The Morgan fingerprint density at radius 1 is 1.12 bits per heavy atom. The summed E-state index contributed by atoms with van der Waals surface area (Å²) in [5.41, 5.74) is 9.91. The van der Waals surface area contributed by atoms with Crippen LogP contribution in [0, 0.1) is 13.8 Å². The average Bonchev–Trinajstić information content (AvgIpc) is 2.57. The lowest BCUT2D eigenvalue weighted by molar-refractivity contribution is 0.889. The van der Waals surface area contributed by atoms with Crippen molar-refractivity contribution in [1.82, 2.24) is 0 Å². The summed E-state index contributed by atoms with van der Waals surface area (Å²) >= 11 is 8.76. The first-order valence-corrected chi connectivity index (χ1v) is 7.66. The number of hydrogen-bond donors (Lipinski definition) is 1. The lowest BCUT2D eigenvalue weighted by atomic mass is 10.0. The van der Waals surface area contributed by atoms with Crippen LogP contribution in [0.15, 0.2) is 32.5 Å². The second-order valence-electron chi connectivity index (χ2n) is 4.15. The maximum atomic E-state index is 6.31. The predicted molar refractivity (Wildman–Crippen MR) is 81.7 cm³/mol. The highest BCUT2D eigenvalue weighted by Crippen LogP contribution is 2.34. The Morgan fingerprint density at radius 2 is 1.82 bits per heavy atom. The van der Waals surface area contributed by atoms with Gasteiger partial charge in [0.25, 0.3) is 0 Å². The van der Waals surface area contributed by atoms with Gasteiger partial charge in [0, 0.05) is 9.35 Å². The summed E-state index contributed by atoms with van der Waals surface area (Å²) in [5.74, 6) is 0. The van der Waals surface area contributed by atoms with Crippen LogP contribution in [0.3, 0.4) is 0 Å². The van der Waals surface area contributed by atoms with E-state index in [0.29, 0.717) is 0 Å². The summed E-state index contributed by atoms with van der Waals surface area (Å²) in [6.07, 6.45) is 0. The number of benzene rings is 1. The quantitative estimate of drug-likeness (QED) is 0.791. The standard InChI is InChI=1S/C13H13Br2NS/c1-7-3-9(6-10(14)4-7)12(16)11-5-8(2)13(15)17-11/h3-6,12H,16H2,1-2H3. The van der Waals surface area contributed by atoms with E-state index in [9.17, 15) is 0 Å². The first-order valence-electron chi connectivity index (χ1n) is 5.26. The van der Waals surface area contributed by atoms with E-state index in [1.165, 1.54) is 16.0 Å². The van der Waals surface area contributed by atoms with Gasteiger partial charge in [-0.3, -0.25) is 0 Å². The maximum Gasteiger partial charge on any atom is 0.0731 e. The van der Waals surface area contributed by atoms with E-state index >= 15 is 0 Å². The van der Waals surface area contributed by atoms with Crippen molar-refractivity contribution in [2.75, 3.05) is 0 Å². The van der Waals surface area contributed by atoms with Crippen LogP contribution >= 0.6 is 43.2 Å². The molecule has 0 aliphatic rings. The molecule has 90 valence electrons. The van der Waals surface area contributed by atoms with Gasteiger partial charge in [0.05, 0.1) is 9.83 Å². The van der Waals surface area contributed by atoms with Crippen molar-refractivity contribution < 1.29 is 0 Å². The molecule has 0 aliphatic carbocycles. The third-order valence-corrected chi connectivity index (χ3v) is 5.28. The summed E-state index contributed by atoms with van der Waals surface area (Å²) in [6.45, 7) is 4.17. The molecule has 1 nitrogen and oxygen atoms in total.